The normalized spacial score (nSPS) is 10.5. The first-order valence-corrected chi connectivity index (χ1v) is 9.42. The molecule has 2 N–H and O–H groups in total. The molecule has 150 valence electrons. The largest absolute Gasteiger partial charge is 0.493 e. The highest BCUT2D eigenvalue weighted by Gasteiger charge is 2.20. The van der Waals surface area contributed by atoms with Gasteiger partial charge in [-0.25, -0.2) is 0 Å². The number of halogens is 3. The summed E-state index contributed by atoms with van der Waals surface area (Å²) in [6, 6.07) is 8.16. The van der Waals surface area contributed by atoms with E-state index in [9.17, 15) is 9.59 Å². The lowest BCUT2D eigenvalue weighted by molar-refractivity contribution is -0.119. The number of rotatable bonds is 8. The van der Waals surface area contributed by atoms with Gasteiger partial charge in [-0.3, -0.25) is 9.59 Å². The lowest BCUT2D eigenvalue weighted by Crippen LogP contribution is -2.30. The van der Waals surface area contributed by atoms with Gasteiger partial charge in [-0.2, -0.15) is 0 Å². The van der Waals surface area contributed by atoms with Gasteiger partial charge in [-0.15, -0.1) is 0 Å². The number of carbonyl (C=O) groups excluding carboxylic acids is 2. The van der Waals surface area contributed by atoms with Crippen molar-refractivity contribution < 1.29 is 19.1 Å². The van der Waals surface area contributed by atoms with Gasteiger partial charge in [0.1, 0.15) is 0 Å². The molecule has 6 nitrogen and oxygen atoms in total. The van der Waals surface area contributed by atoms with Gasteiger partial charge in [0.25, 0.3) is 11.8 Å². The molecule has 2 rings (SSSR count). The SMILES string of the molecule is CCN(Cc1ccc(Cl)c(Cl)c1)C(=O)c1cc(Cl)c(OCC(N)=O)c(OC)c1. The average molecular weight is 446 g/mol. The van der Waals surface area contributed by atoms with Crippen molar-refractivity contribution in [2.45, 2.75) is 13.5 Å². The Hall–Kier alpha value is -2.15. The van der Waals surface area contributed by atoms with Crippen LogP contribution in [-0.4, -0.2) is 37.0 Å². The summed E-state index contributed by atoms with van der Waals surface area (Å²) in [5.74, 6) is -0.540. The van der Waals surface area contributed by atoms with Crippen molar-refractivity contribution in [1.82, 2.24) is 4.90 Å². The van der Waals surface area contributed by atoms with Crippen molar-refractivity contribution in [3.05, 3.63) is 56.5 Å². The van der Waals surface area contributed by atoms with Crippen LogP contribution in [-0.2, 0) is 11.3 Å². The lowest BCUT2D eigenvalue weighted by atomic mass is 10.1. The molecule has 9 heteroatoms. The van der Waals surface area contributed by atoms with E-state index in [1.807, 2.05) is 6.92 Å². The van der Waals surface area contributed by atoms with Gasteiger partial charge in [-0.1, -0.05) is 40.9 Å². The van der Waals surface area contributed by atoms with Crippen LogP contribution in [0.1, 0.15) is 22.8 Å². The summed E-state index contributed by atoms with van der Waals surface area (Å²) in [5.41, 5.74) is 6.24. The van der Waals surface area contributed by atoms with Crippen LogP contribution >= 0.6 is 34.8 Å². The third-order valence-electron chi connectivity index (χ3n) is 3.86. The minimum absolute atomic E-state index is 0.134. The van der Waals surface area contributed by atoms with Gasteiger partial charge in [0, 0.05) is 18.7 Å². The highest BCUT2D eigenvalue weighted by Crippen LogP contribution is 2.37. The zero-order chi connectivity index (χ0) is 20.8. The first-order valence-electron chi connectivity index (χ1n) is 8.28. The Morgan fingerprint density at radius 2 is 1.79 bits per heavy atom. The number of methoxy groups -OCH3 is 1. The second-order valence-electron chi connectivity index (χ2n) is 5.81. The van der Waals surface area contributed by atoms with E-state index in [0.29, 0.717) is 28.7 Å². The van der Waals surface area contributed by atoms with Crippen LogP contribution in [0.25, 0.3) is 0 Å². The smallest absolute Gasteiger partial charge is 0.255 e. The van der Waals surface area contributed by atoms with E-state index in [2.05, 4.69) is 0 Å². The Balaban J connectivity index is 2.28. The van der Waals surface area contributed by atoms with Crippen LogP contribution in [0.3, 0.4) is 0 Å². The molecule has 0 aliphatic rings. The Morgan fingerprint density at radius 1 is 1.07 bits per heavy atom. The highest BCUT2D eigenvalue weighted by atomic mass is 35.5. The zero-order valence-electron chi connectivity index (χ0n) is 15.3. The molecule has 0 atom stereocenters. The number of hydrogen-bond acceptors (Lipinski definition) is 4. The molecule has 0 saturated heterocycles. The maximum absolute atomic E-state index is 13.0. The van der Waals surface area contributed by atoms with Crippen LogP contribution in [0, 0.1) is 0 Å². The minimum Gasteiger partial charge on any atom is -0.493 e. The summed E-state index contributed by atoms with van der Waals surface area (Å²) < 4.78 is 10.5. The molecular formula is C19H19Cl3N2O4. The van der Waals surface area contributed by atoms with Gasteiger partial charge in [-0.05, 0) is 36.8 Å². The topological polar surface area (TPSA) is 81.9 Å². The quantitative estimate of drug-likeness (QED) is 0.661. The van der Waals surface area contributed by atoms with Crippen LogP contribution in [0.15, 0.2) is 30.3 Å². The molecule has 2 aromatic rings. The fourth-order valence-electron chi connectivity index (χ4n) is 2.49. The van der Waals surface area contributed by atoms with E-state index in [-0.39, 0.29) is 29.0 Å². The van der Waals surface area contributed by atoms with Crippen molar-refractivity contribution in [2.75, 3.05) is 20.3 Å². The highest BCUT2D eigenvalue weighted by molar-refractivity contribution is 6.42. The van der Waals surface area contributed by atoms with Crippen molar-refractivity contribution in [3.63, 3.8) is 0 Å². The van der Waals surface area contributed by atoms with Gasteiger partial charge in [0.05, 0.1) is 22.2 Å². The van der Waals surface area contributed by atoms with Crippen LogP contribution < -0.4 is 15.2 Å². The first-order chi connectivity index (χ1) is 13.3. The van der Waals surface area contributed by atoms with Crippen molar-refractivity contribution in [3.8, 4) is 11.5 Å². The number of nitrogens with zero attached hydrogens (tertiary/aromatic N) is 1. The molecule has 0 fully saturated rings. The number of benzene rings is 2. The molecule has 2 amide bonds. The predicted molar refractivity (Wildman–Crippen MR) is 110 cm³/mol. The van der Waals surface area contributed by atoms with Crippen molar-refractivity contribution >= 4 is 46.6 Å². The number of hydrogen-bond donors (Lipinski definition) is 1. The Bertz CT molecular complexity index is 890. The molecule has 0 aliphatic heterocycles. The summed E-state index contributed by atoms with van der Waals surface area (Å²) in [4.78, 5) is 25.5. The number of amides is 2. The molecule has 0 bridgehead atoms. The van der Waals surface area contributed by atoms with Gasteiger partial charge >= 0.3 is 0 Å². The molecule has 0 aromatic heterocycles. The fraction of sp³-hybridized carbons (Fsp3) is 0.263. The summed E-state index contributed by atoms with van der Waals surface area (Å²) in [6.45, 7) is 2.30. The maximum atomic E-state index is 13.0. The third kappa shape index (κ3) is 5.44. The summed E-state index contributed by atoms with van der Waals surface area (Å²) in [7, 11) is 1.41. The molecule has 0 saturated carbocycles. The second kappa shape index (κ2) is 9.87. The molecule has 2 aromatic carbocycles. The molecule has 0 heterocycles. The monoisotopic (exact) mass is 444 g/mol. The summed E-state index contributed by atoms with van der Waals surface area (Å²) >= 11 is 18.2. The van der Waals surface area contributed by atoms with E-state index >= 15 is 0 Å². The summed E-state index contributed by atoms with van der Waals surface area (Å²) in [6.07, 6.45) is 0. The van der Waals surface area contributed by atoms with Gasteiger partial charge < -0.3 is 20.1 Å². The number of carbonyl (C=O) groups is 2. The van der Waals surface area contributed by atoms with E-state index in [0.717, 1.165) is 5.56 Å². The molecule has 0 spiro atoms. The number of nitrogens with two attached hydrogens (primary N) is 1. The second-order valence-corrected chi connectivity index (χ2v) is 7.03. The third-order valence-corrected chi connectivity index (χ3v) is 4.88. The predicted octanol–water partition coefficient (Wildman–Crippen LogP) is 4.18. The Labute approximate surface area is 178 Å². The van der Waals surface area contributed by atoms with Crippen LogP contribution in [0.4, 0.5) is 0 Å². The van der Waals surface area contributed by atoms with Crippen molar-refractivity contribution in [2.24, 2.45) is 5.73 Å². The molecular weight excluding hydrogens is 427 g/mol. The van der Waals surface area contributed by atoms with Crippen LogP contribution in [0.2, 0.25) is 15.1 Å². The van der Waals surface area contributed by atoms with Gasteiger partial charge in [0.2, 0.25) is 0 Å². The molecule has 0 radical (unpaired) electrons. The lowest BCUT2D eigenvalue weighted by Gasteiger charge is -2.22. The van der Waals surface area contributed by atoms with Crippen molar-refractivity contribution in [1.29, 1.82) is 0 Å². The van der Waals surface area contributed by atoms with Gasteiger partial charge in [0.15, 0.2) is 18.1 Å². The Morgan fingerprint density at radius 3 is 2.36 bits per heavy atom. The zero-order valence-corrected chi connectivity index (χ0v) is 17.6. The number of primary amides is 1. The first kappa shape index (κ1) is 22.1. The van der Waals surface area contributed by atoms with E-state index < -0.39 is 5.91 Å². The van der Waals surface area contributed by atoms with E-state index in [4.69, 9.17) is 50.0 Å². The van der Waals surface area contributed by atoms with E-state index in [1.54, 1.807) is 23.1 Å². The maximum Gasteiger partial charge on any atom is 0.255 e. The summed E-state index contributed by atoms with van der Waals surface area (Å²) in [5, 5.41) is 1.00. The van der Waals surface area contributed by atoms with Crippen LogP contribution in [0.5, 0.6) is 11.5 Å². The fourth-order valence-corrected chi connectivity index (χ4v) is 3.08. The standard InChI is InChI=1S/C19H19Cl3N2O4/c1-3-24(9-11-4-5-13(20)14(21)6-11)19(26)12-7-15(22)18(16(8-12)27-2)28-10-17(23)25/h4-8H,3,9-10H2,1-2H3,(H2,23,25). The number of ether oxygens (including phenoxy) is 2. The van der Waals surface area contributed by atoms with E-state index in [1.165, 1.54) is 19.2 Å². The minimum atomic E-state index is -0.656. The molecule has 28 heavy (non-hydrogen) atoms. The Kier molecular flexibility index (Phi) is 7.80. The average Bonchev–Trinajstić information content (AvgIpc) is 2.66. The molecule has 0 unspecified atom stereocenters. The molecule has 0 aliphatic carbocycles.